The second-order valence-corrected chi connectivity index (χ2v) is 23.3. The van der Waals surface area contributed by atoms with E-state index in [1.165, 1.54) is 89.9 Å². The second kappa shape index (κ2) is 18.6. The van der Waals surface area contributed by atoms with Gasteiger partial charge in [-0.25, -0.2) is 0 Å². The molecule has 2 amide bonds. The van der Waals surface area contributed by atoms with Gasteiger partial charge >= 0.3 is 0 Å². The molecule has 6 aliphatic rings. The Bertz CT molecular complexity index is 1210. The number of rotatable bonds is 7. The first-order valence-corrected chi connectivity index (χ1v) is 25.0. The van der Waals surface area contributed by atoms with Crippen LogP contribution < -0.4 is 10.6 Å². The topological polar surface area (TPSA) is 83.1 Å². The van der Waals surface area contributed by atoms with Crippen LogP contribution in [0.1, 0.15) is 248 Å². The quantitative estimate of drug-likeness (QED) is 0.249. The third kappa shape index (κ3) is 11.0. The minimum atomic E-state index is -0.763. The van der Waals surface area contributed by atoms with Gasteiger partial charge < -0.3 is 29.9 Å². The fourth-order valence-electron chi connectivity index (χ4n) is 13.8. The van der Waals surface area contributed by atoms with Gasteiger partial charge in [-0.1, -0.05) is 103 Å². The Balaban J connectivity index is 1.16. The lowest BCUT2D eigenvalue weighted by atomic mass is 9.72. The van der Waals surface area contributed by atoms with E-state index in [0.29, 0.717) is 0 Å². The summed E-state index contributed by atoms with van der Waals surface area (Å²) in [6, 6.07) is 0. The molecule has 0 radical (unpaired) electrons. The van der Waals surface area contributed by atoms with Crippen LogP contribution in [0.25, 0.3) is 0 Å². The molecule has 0 aromatic heterocycles. The first kappa shape index (κ1) is 46.3. The average molecular weight is 811 g/mol. The monoisotopic (exact) mass is 811 g/mol. The van der Waals surface area contributed by atoms with Crippen molar-refractivity contribution in [1.82, 2.24) is 20.4 Å². The summed E-state index contributed by atoms with van der Waals surface area (Å²) in [6.07, 6.45) is 33.4. The van der Waals surface area contributed by atoms with Gasteiger partial charge in [0.2, 0.25) is 0 Å². The zero-order valence-corrected chi connectivity index (χ0v) is 39.2. The number of hydrogen-bond donors (Lipinski definition) is 2. The van der Waals surface area contributed by atoms with E-state index in [0.717, 1.165) is 116 Å². The van der Waals surface area contributed by atoms with Gasteiger partial charge in [-0.15, -0.1) is 0 Å². The maximum absolute atomic E-state index is 15.0. The molecule has 0 bridgehead atoms. The van der Waals surface area contributed by atoms with Crippen LogP contribution >= 0.6 is 0 Å². The summed E-state index contributed by atoms with van der Waals surface area (Å²) in [5.74, 6) is 0.509. The zero-order valence-electron chi connectivity index (χ0n) is 39.2. The normalized spacial score (nSPS) is 29.9. The minimum absolute atomic E-state index is 0.181. The number of unbranched alkanes of at least 4 members (excludes halogenated alkanes) is 3. The lowest BCUT2D eigenvalue weighted by Gasteiger charge is -2.50. The van der Waals surface area contributed by atoms with Gasteiger partial charge in [0.05, 0.1) is 0 Å². The highest BCUT2D eigenvalue weighted by molar-refractivity contribution is 5.89. The molecule has 6 fully saturated rings. The maximum atomic E-state index is 15.0. The van der Waals surface area contributed by atoms with Crippen LogP contribution in [0.15, 0.2) is 0 Å². The molecule has 2 N–H and O–H groups in total. The Hall–Kier alpha value is -1.22. The van der Waals surface area contributed by atoms with Crippen molar-refractivity contribution in [2.45, 2.75) is 293 Å². The molecule has 6 rings (SSSR count). The summed E-state index contributed by atoms with van der Waals surface area (Å²) in [7, 11) is 0. The average Bonchev–Trinajstić information content (AvgIpc) is 3.41. The Morgan fingerprint density at radius 3 is 0.897 bits per heavy atom. The van der Waals surface area contributed by atoms with Gasteiger partial charge in [-0.2, -0.15) is 0 Å². The third-order valence-corrected chi connectivity index (χ3v) is 15.1. The molecule has 58 heavy (non-hydrogen) atoms. The maximum Gasteiger partial charge on any atom is 0.257 e. The predicted molar refractivity (Wildman–Crippen MR) is 238 cm³/mol. The first-order chi connectivity index (χ1) is 27.4. The lowest BCUT2D eigenvalue weighted by molar-refractivity contribution is -0.177. The van der Waals surface area contributed by atoms with Gasteiger partial charge in [0, 0.05) is 60.9 Å². The molecular formula is C50H90N4O4. The van der Waals surface area contributed by atoms with E-state index in [1.54, 1.807) is 0 Å². The highest BCUT2D eigenvalue weighted by atomic mass is 16.6. The molecule has 8 nitrogen and oxygen atoms in total. The van der Waals surface area contributed by atoms with E-state index in [-0.39, 0.29) is 34.0 Å². The van der Waals surface area contributed by atoms with Crippen molar-refractivity contribution in [2.24, 2.45) is 0 Å². The highest BCUT2D eigenvalue weighted by Crippen LogP contribution is 2.53. The van der Waals surface area contributed by atoms with Crippen molar-refractivity contribution in [3.63, 3.8) is 0 Å². The summed E-state index contributed by atoms with van der Waals surface area (Å²) in [5.41, 5.74) is -3.24. The van der Waals surface area contributed by atoms with E-state index in [1.807, 2.05) is 0 Å². The second-order valence-electron chi connectivity index (χ2n) is 23.3. The first-order valence-electron chi connectivity index (χ1n) is 25.0. The fraction of sp³-hybridized carbons (Fsp3) is 0.960. The number of amides is 2. The Morgan fingerprint density at radius 1 is 0.397 bits per heavy atom. The van der Waals surface area contributed by atoms with Gasteiger partial charge in [0.1, 0.15) is 11.4 Å². The highest BCUT2D eigenvalue weighted by Gasteiger charge is 2.65. The SMILES string of the molecule is CC1(C)CC2(CC(C)(C)N1)OC1(CCCCCCCCCCC1)N(CCCCCCN1C(=O)C3(CC(C)(C)NC(C)(C)C3)OC13CCCCCCCCCCC3)C2=O. The molecular weight excluding hydrogens is 721 g/mol. The van der Waals surface area contributed by atoms with Crippen molar-refractivity contribution in [1.29, 1.82) is 0 Å². The van der Waals surface area contributed by atoms with E-state index in [4.69, 9.17) is 9.47 Å². The molecule has 0 atom stereocenters. The van der Waals surface area contributed by atoms with Crippen LogP contribution in [0, 0.1) is 0 Å². The van der Waals surface area contributed by atoms with Crippen molar-refractivity contribution in [3.05, 3.63) is 0 Å². The van der Waals surface area contributed by atoms with Crippen LogP contribution in [0.5, 0.6) is 0 Å². The van der Waals surface area contributed by atoms with E-state index >= 15 is 0 Å². The molecule has 334 valence electrons. The van der Waals surface area contributed by atoms with Crippen LogP contribution in [0.4, 0.5) is 0 Å². The molecule has 0 unspecified atom stereocenters. The van der Waals surface area contributed by atoms with Crippen LogP contribution in [-0.4, -0.2) is 79.5 Å². The Kier molecular flexibility index (Phi) is 14.9. The van der Waals surface area contributed by atoms with Crippen molar-refractivity contribution >= 4 is 11.8 Å². The molecule has 4 spiro atoms. The van der Waals surface area contributed by atoms with Gasteiger partial charge in [-0.3, -0.25) is 9.59 Å². The summed E-state index contributed by atoms with van der Waals surface area (Å²) in [5, 5.41) is 7.67. The van der Waals surface area contributed by atoms with Crippen molar-refractivity contribution in [3.8, 4) is 0 Å². The Labute approximate surface area is 356 Å². The van der Waals surface area contributed by atoms with Crippen LogP contribution in [-0.2, 0) is 19.1 Å². The van der Waals surface area contributed by atoms with Crippen LogP contribution in [0.3, 0.4) is 0 Å². The van der Waals surface area contributed by atoms with Gasteiger partial charge in [-0.05, 0) is 120 Å². The number of carbonyl (C=O) groups is 2. The number of piperidine rings is 2. The number of nitrogens with one attached hydrogen (secondary N) is 2. The Morgan fingerprint density at radius 2 is 0.638 bits per heavy atom. The van der Waals surface area contributed by atoms with Crippen molar-refractivity contribution < 1.29 is 19.1 Å². The number of hydrogen-bond acceptors (Lipinski definition) is 6. The van der Waals surface area contributed by atoms with E-state index < -0.39 is 22.7 Å². The molecule has 2 saturated carbocycles. The lowest BCUT2D eigenvalue weighted by Crippen LogP contribution is -2.65. The molecule has 4 aliphatic heterocycles. The minimum Gasteiger partial charge on any atom is -0.339 e. The van der Waals surface area contributed by atoms with E-state index in [2.05, 4.69) is 75.8 Å². The van der Waals surface area contributed by atoms with Crippen LogP contribution in [0.2, 0.25) is 0 Å². The van der Waals surface area contributed by atoms with E-state index in [9.17, 15) is 9.59 Å². The summed E-state index contributed by atoms with van der Waals surface area (Å²) >= 11 is 0. The van der Waals surface area contributed by atoms with Gasteiger partial charge in [0.25, 0.3) is 11.8 Å². The molecule has 4 saturated heterocycles. The smallest absolute Gasteiger partial charge is 0.257 e. The molecule has 8 heteroatoms. The number of ether oxygens (including phenoxy) is 2. The molecule has 2 aliphatic carbocycles. The van der Waals surface area contributed by atoms with Crippen molar-refractivity contribution in [2.75, 3.05) is 13.1 Å². The molecule has 4 heterocycles. The summed E-state index contributed by atoms with van der Waals surface area (Å²) in [6.45, 7) is 19.5. The largest absolute Gasteiger partial charge is 0.339 e. The fourth-order valence-corrected chi connectivity index (χ4v) is 13.8. The number of nitrogens with zero attached hydrogens (tertiary/aromatic N) is 2. The third-order valence-electron chi connectivity index (χ3n) is 15.1. The molecule has 0 aromatic rings. The number of carbonyl (C=O) groups excluding carboxylic acids is 2. The molecule has 0 aromatic carbocycles. The van der Waals surface area contributed by atoms with Gasteiger partial charge in [0.15, 0.2) is 11.2 Å². The predicted octanol–water partition coefficient (Wildman–Crippen LogP) is 11.6. The zero-order chi connectivity index (χ0) is 41.8. The summed E-state index contributed by atoms with van der Waals surface area (Å²) in [4.78, 5) is 34.5. The standard InChI is InChI=1S/C50H90N4O4/c1-43(2)37-47(38-44(3,4)51-43)41(55)53(49(57-47)31-25-19-15-11-9-12-16-20-26-32-49)35-29-23-24-30-36-54-42(56)48(39-45(5,6)52-46(7,8)40-48)58-50(54)33-27-21-17-13-10-14-18-22-28-34-50/h51-52H,9-40H2,1-8H3. The summed E-state index contributed by atoms with van der Waals surface area (Å²) < 4.78 is 14.9.